The number of hydrogen-bond acceptors (Lipinski definition) is 8. The van der Waals surface area contributed by atoms with Crippen LogP contribution in [0.25, 0.3) is 10.9 Å². The van der Waals surface area contributed by atoms with E-state index < -0.39 is 0 Å². The summed E-state index contributed by atoms with van der Waals surface area (Å²) in [6.07, 6.45) is 4.30. The summed E-state index contributed by atoms with van der Waals surface area (Å²) in [5.41, 5.74) is 8.55. The monoisotopic (exact) mass is 379 g/mol. The van der Waals surface area contributed by atoms with E-state index in [4.69, 9.17) is 10.5 Å². The number of morpholine rings is 1. The van der Waals surface area contributed by atoms with Gasteiger partial charge in [0.05, 0.1) is 24.4 Å². The zero-order valence-corrected chi connectivity index (χ0v) is 15.8. The van der Waals surface area contributed by atoms with E-state index in [1.807, 2.05) is 30.3 Å². The van der Waals surface area contributed by atoms with E-state index in [2.05, 4.69) is 30.5 Å². The number of hydrogen-bond donors (Lipinski definition) is 3. The van der Waals surface area contributed by atoms with Gasteiger partial charge in [-0.2, -0.15) is 0 Å². The van der Waals surface area contributed by atoms with Crippen molar-refractivity contribution in [2.75, 3.05) is 55.8 Å². The lowest BCUT2D eigenvalue weighted by Crippen LogP contribution is -2.37. The van der Waals surface area contributed by atoms with Gasteiger partial charge in [-0.1, -0.05) is 18.2 Å². The first-order chi connectivity index (χ1) is 13.8. The lowest BCUT2D eigenvalue weighted by atomic mass is 10.2. The van der Waals surface area contributed by atoms with Crippen molar-refractivity contribution < 1.29 is 4.74 Å². The fourth-order valence-electron chi connectivity index (χ4n) is 3.30. The predicted molar refractivity (Wildman–Crippen MR) is 112 cm³/mol. The predicted octanol–water partition coefficient (Wildman–Crippen LogP) is 2.48. The van der Waals surface area contributed by atoms with Gasteiger partial charge in [0.15, 0.2) is 11.6 Å². The number of para-hydroxylation sites is 1. The van der Waals surface area contributed by atoms with E-state index in [-0.39, 0.29) is 0 Å². The molecule has 1 aromatic carbocycles. The average molecular weight is 379 g/mol. The van der Waals surface area contributed by atoms with Crippen LogP contribution in [0.1, 0.15) is 6.42 Å². The highest BCUT2D eigenvalue weighted by Gasteiger charge is 2.12. The second kappa shape index (κ2) is 8.81. The Morgan fingerprint density at radius 2 is 1.86 bits per heavy atom. The Hall–Kier alpha value is -2.97. The molecule has 0 unspecified atom stereocenters. The molecule has 1 aliphatic rings. The summed E-state index contributed by atoms with van der Waals surface area (Å²) in [5, 5.41) is 7.68. The van der Waals surface area contributed by atoms with Crippen molar-refractivity contribution in [1.82, 2.24) is 19.9 Å². The molecule has 1 saturated heterocycles. The molecule has 0 bridgehead atoms. The molecule has 3 aromatic rings. The minimum atomic E-state index is 0.502. The van der Waals surface area contributed by atoms with Crippen LogP contribution in [0.4, 0.5) is 23.0 Å². The number of ether oxygens (including phenoxy) is 1. The van der Waals surface area contributed by atoms with Crippen molar-refractivity contribution in [3.05, 3.63) is 42.9 Å². The van der Waals surface area contributed by atoms with E-state index >= 15 is 0 Å². The van der Waals surface area contributed by atoms with Crippen molar-refractivity contribution in [1.29, 1.82) is 0 Å². The molecule has 1 aliphatic heterocycles. The largest absolute Gasteiger partial charge is 0.393 e. The lowest BCUT2D eigenvalue weighted by molar-refractivity contribution is 0.0378. The second-order valence-electron chi connectivity index (χ2n) is 6.72. The maximum atomic E-state index is 6.30. The fourth-order valence-corrected chi connectivity index (χ4v) is 3.30. The topological polar surface area (TPSA) is 101 Å². The molecule has 4 rings (SSSR count). The zero-order chi connectivity index (χ0) is 19.2. The minimum Gasteiger partial charge on any atom is -0.393 e. The highest BCUT2D eigenvalue weighted by atomic mass is 16.5. The Bertz CT molecular complexity index is 922. The fraction of sp³-hybridized carbons (Fsp3) is 0.350. The van der Waals surface area contributed by atoms with Crippen molar-refractivity contribution >= 4 is 33.9 Å². The number of nitrogens with zero attached hydrogens (tertiary/aromatic N) is 4. The highest BCUT2D eigenvalue weighted by Crippen LogP contribution is 2.29. The van der Waals surface area contributed by atoms with Crippen molar-refractivity contribution in [2.24, 2.45) is 0 Å². The number of benzene rings is 1. The van der Waals surface area contributed by atoms with E-state index in [1.165, 1.54) is 6.33 Å². The molecule has 28 heavy (non-hydrogen) atoms. The van der Waals surface area contributed by atoms with Crippen LogP contribution in [-0.2, 0) is 4.74 Å². The van der Waals surface area contributed by atoms with Gasteiger partial charge in [0.2, 0.25) is 0 Å². The standard InChI is InChI=1S/C20H25N7O/c21-17-19(23-8-3-9-27-10-12-28-13-11-27)24-14-25-20(17)26-16-6-1-4-15-5-2-7-22-18(15)16/h1-2,4-7,14H,3,8-13,21H2,(H2,23,24,25,26). The summed E-state index contributed by atoms with van der Waals surface area (Å²) in [6.45, 7) is 5.49. The van der Waals surface area contributed by atoms with Crippen molar-refractivity contribution in [2.45, 2.75) is 6.42 Å². The number of nitrogens with two attached hydrogens (primary N) is 1. The summed E-state index contributed by atoms with van der Waals surface area (Å²) >= 11 is 0. The zero-order valence-electron chi connectivity index (χ0n) is 15.8. The third-order valence-corrected chi connectivity index (χ3v) is 4.82. The number of nitrogens with one attached hydrogen (secondary N) is 2. The van der Waals surface area contributed by atoms with Crippen LogP contribution in [0.2, 0.25) is 0 Å². The maximum absolute atomic E-state index is 6.30. The van der Waals surface area contributed by atoms with Gasteiger partial charge in [0.25, 0.3) is 0 Å². The Labute approximate surface area is 164 Å². The van der Waals surface area contributed by atoms with Crippen LogP contribution in [-0.4, -0.2) is 59.2 Å². The number of anilines is 4. The van der Waals surface area contributed by atoms with Crippen molar-refractivity contribution in [3.8, 4) is 0 Å². The van der Waals surface area contributed by atoms with Gasteiger partial charge < -0.3 is 21.1 Å². The molecule has 0 aliphatic carbocycles. The molecule has 146 valence electrons. The highest BCUT2D eigenvalue weighted by molar-refractivity contribution is 5.93. The maximum Gasteiger partial charge on any atom is 0.159 e. The van der Waals surface area contributed by atoms with Crippen LogP contribution in [0.5, 0.6) is 0 Å². The van der Waals surface area contributed by atoms with Gasteiger partial charge in [0.1, 0.15) is 12.0 Å². The van der Waals surface area contributed by atoms with Gasteiger partial charge in [-0.25, -0.2) is 9.97 Å². The number of aromatic nitrogens is 3. The first-order valence-corrected chi connectivity index (χ1v) is 9.56. The molecular formula is C20H25N7O. The van der Waals surface area contributed by atoms with E-state index in [0.29, 0.717) is 17.3 Å². The van der Waals surface area contributed by atoms with Crippen LogP contribution >= 0.6 is 0 Å². The van der Waals surface area contributed by atoms with Gasteiger partial charge >= 0.3 is 0 Å². The van der Waals surface area contributed by atoms with Crippen molar-refractivity contribution in [3.63, 3.8) is 0 Å². The quantitative estimate of drug-likeness (QED) is 0.538. The molecule has 0 saturated carbocycles. The Balaban J connectivity index is 1.40. The summed E-state index contributed by atoms with van der Waals surface area (Å²) < 4.78 is 5.38. The number of pyridine rings is 1. The van der Waals surface area contributed by atoms with E-state index in [9.17, 15) is 0 Å². The molecule has 0 amide bonds. The third kappa shape index (κ3) is 4.29. The molecule has 0 radical (unpaired) electrons. The Morgan fingerprint density at radius 1 is 1.04 bits per heavy atom. The minimum absolute atomic E-state index is 0.502. The summed E-state index contributed by atoms with van der Waals surface area (Å²) in [4.78, 5) is 15.5. The van der Waals surface area contributed by atoms with Crippen LogP contribution in [0.3, 0.4) is 0 Å². The lowest BCUT2D eigenvalue weighted by Gasteiger charge is -2.26. The van der Waals surface area contributed by atoms with Gasteiger partial charge in [-0.3, -0.25) is 9.88 Å². The van der Waals surface area contributed by atoms with Gasteiger partial charge in [0, 0.05) is 31.2 Å². The van der Waals surface area contributed by atoms with E-state index in [1.54, 1.807) is 6.20 Å². The second-order valence-corrected chi connectivity index (χ2v) is 6.72. The average Bonchev–Trinajstić information content (AvgIpc) is 2.74. The summed E-state index contributed by atoms with van der Waals surface area (Å²) in [5.74, 6) is 1.22. The van der Waals surface area contributed by atoms with E-state index in [0.717, 1.165) is 62.4 Å². The molecule has 0 spiro atoms. The normalized spacial score (nSPS) is 14.9. The first kappa shape index (κ1) is 18.4. The number of fused-ring (bicyclic) bond motifs is 1. The first-order valence-electron chi connectivity index (χ1n) is 9.56. The summed E-state index contributed by atoms with van der Waals surface area (Å²) in [7, 11) is 0. The molecule has 2 aromatic heterocycles. The smallest absolute Gasteiger partial charge is 0.159 e. The Morgan fingerprint density at radius 3 is 2.75 bits per heavy atom. The molecular weight excluding hydrogens is 354 g/mol. The molecule has 4 N–H and O–H groups in total. The van der Waals surface area contributed by atoms with Gasteiger partial charge in [-0.05, 0) is 25.1 Å². The third-order valence-electron chi connectivity index (χ3n) is 4.82. The molecule has 8 heteroatoms. The Kier molecular flexibility index (Phi) is 5.79. The SMILES string of the molecule is Nc1c(NCCCN2CCOCC2)ncnc1Nc1cccc2cccnc12. The molecule has 8 nitrogen and oxygen atoms in total. The van der Waals surface area contributed by atoms with Crippen LogP contribution < -0.4 is 16.4 Å². The molecule has 3 heterocycles. The van der Waals surface area contributed by atoms with Gasteiger partial charge in [-0.15, -0.1) is 0 Å². The molecule has 1 fully saturated rings. The van der Waals surface area contributed by atoms with Crippen LogP contribution in [0, 0.1) is 0 Å². The number of rotatable bonds is 7. The molecule has 0 atom stereocenters. The summed E-state index contributed by atoms with van der Waals surface area (Å²) in [6, 6.07) is 9.92. The van der Waals surface area contributed by atoms with Crippen LogP contribution in [0.15, 0.2) is 42.9 Å². The number of nitrogen functional groups attached to an aromatic ring is 1.